The summed E-state index contributed by atoms with van der Waals surface area (Å²) >= 11 is 0. The summed E-state index contributed by atoms with van der Waals surface area (Å²) in [6, 6.07) is 15.8. The van der Waals surface area contributed by atoms with E-state index in [9.17, 15) is 9.59 Å². The van der Waals surface area contributed by atoms with Crippen LogP contribution in [0.1, 0.15) is 29.3 Å². The van der Waals surface area contributed by atoms with Crippen LogP contribution in [0.3, 0.4) is 0 Å². The highest BCUT2D eigenvalue weighted by Gasteiger charge is 2.22. The number of aryl methyl sites for hydroxylation is 2. The zero-order valence-electron chi connectivity index (χ0n) is 19.7. The summed E-state index contributed by atoms with van der Waals surface area (Å²) in [5.41, 5.74) is 5.86. The maximum absolute atomic E-state index is 12.7. The van der Waals surface area contributed by atoms with Crippen molar-refractivity contribution in [3.63, 3.8) is 0 Å². The van der Waals surface area contributed by atoms with Crippen molar-refractivity contribution in [3.8, 4) is 0 Å². The van der Waals surface area contributed by atoms with E-state index in [-0.39, 0.29) is 6.04 Å². The molecule has 1 unspecified atom stereocenters. The molecule has 1 aromatic heterocycles. The first-order chi connectivity index (χ1) is 15.8. The summed E-state index contributed by atoms with van der Waals surface area (Å²) in [5, 5.41) is 6.37. The van der Waals surface area contributed by atoms with E-state index in [1.807, 2.05) is 45.3 Å². The number of anilines is 2. The predicted octanol–water partition coefficient (Wildman–Crippen LogP) is 3.28. The molecule has 1 aliphatic rings. The van der Waals surface area contributed by atoms with Gasteiger partial charge in [-0.15, -0.1) is 0 Å². The van der Waals surface area contributed by atoms with Gasteiger partial charge in [-0.1, -0.05) is 30.3 Å². The summed E-state index contributed by atoms with van der Waals surface area (Å²) in [6.07, 6.45) is 2.20. The van der Waals surface area contributed by atoms with Gasteiger partial charge in [0.1, 0.15) is 0 Å². The lowest BCUT2D eigenvalue weighted by Crippen LogP contribution is -2.40. The molecule has 0 fully saturated rings. The minimum Gasteiger partial charge on any atom is -0.374 e. The summed E-state index contributed by atoms with van der Waals surface area (Å²) in [5.74, 6) is -1.34. The van der Waals surface area contributed by atoms with Gasteiger partial charge in [0.15, 0.2) is 0 Å². The monoisotopic (exact) mass is 445 g/mol. The zero-order chi connectivity index (χ0) is 23.5. The molecule has 172 valence electrons. The van der Waals surface area contributed by atoms with Gasteiger partial charge in [-0.3, -0.25) is 14.6 Å². The summed E-state index contributed by atoms with van der Waals surface area (Å²) in [7, 11) is 6.08. The molecule has 0 bridgehead atoms. The predicted molar refractivity (Wildman–Crippen MR) is 133 cm³/mol. The Morgan fingerprint density at radius 2 is 1.91 bits per heavy atom. The second-order valence-corrected chi connectivity index (χ2v) is 8.89. The van der Waals surface area contributed by atoms with Crippen molar-refractivity contribution in [2.45, 2.75) is 25.8 Å². The second-order valence-electron chi connectivity index (χ2n) is 8.89. The van der Waals surface area contributed by atoms with Crippen molar-refractivity contribution in [3.05, 3.63) is 65.4 Å². The van der Waals surface area contributed by atoms with Crippen LogP contribution in [0.2, 0.25) is 0 Å². The van der Waals surface area contributed by atoms with E-state index in [4.69, 9.17) is 0 Å². The van der Waals surface area contributed by atoms with Crippen LogP contribution in [0.15, 0.2) is 48.5 Å². The van der Waals surface area contributed by atoms with Crippen molar-refractivity contribution >= 4 is 34.1 Å². The van der Waals surface area contributed by atoms with Gasteiger partial charge in [0.2, 0.25) is 0 Å². The van der Waals surface area contributed by atoms with E-state index in [1.54, 1.807) is 6.07 Å². The smallest absolute Gasteiger partial charge is 0.313 e. The third kappa shape index (κ3) is 4.98. The number of likely N-dealkylation sites (N-methyl/N-ethyl adjacent to an activating group) is 1. The molecular formula is C26H31N5O2. The Bertz CT molecular complexity index is 1190. The number of nitrogens with one attached hydrogen (secondary N) is 2. The number of para-hydroxylation sites is 1. The van der Waals surface area contributed by atoms with Gasteiger partial charge in [-0.05, 0) is 63.2 Å². The normalized spacial score (nSPS) is 14.2. The van der Waals surface area contributed by atoms with Gasteiger partial charge < -0.3 is 20.4 Å². The Morgan fingerprint density at radius 1 is 1.12 bits per heavy atom. The minimum absolute atomic E-state index is 0.0386. The molecule has 7 nitrogen and oxygen atoms in total. The van der Waals surface area contributed by atoms with E-state index in [0.29, 0.717) is 12.2 Å². The standard InChI is InChI=1S/C26H31N5O2/c1-17-14-22(20-9-5-6-10-21(20)28-17)29-26(33)25(32)27-16-24(30(2)3)19-11-12-23-18(15-19)8-7-13-31(23)4/h5-6,9-12,14-15,24H,7-8,13,16H2,1-4H3,(H,27,32)(H,28,29,33). The highest BCUT2D eigenvalue weighted by molar-refractivity contribution is 6.40. The van der Waals surface area contributed by atoms with E-state index in [0.717, 1.165) is 41.5 Å². The lowest BCUT2D eigenvalue weighted by atomic mass is 9.96. The number of pyridine rings is 1. The van der Waals surface area contributed by atoms with Crippen LogP contribution in [-0.4, -0.2) is 55.9 Å². The summed E-state index contributed by atoms with van der Waals surface area (Å²) < 4.78 is 0. The first-order valence-corrected chi connectivity index (χ1v) is 11.3. The van der Waals surface area contributed by atoms with Crippen LogP contribution in [-0.2, 0) is 16.0 Å². The van der Waals surface area contributed by atoms with Crippen LogP contribution in [0.5, 0.6) is 0 Å². The molecule has 7 heteroatoms. The van der Waals surface area contributed by atoms with Crippen LogP contribution >= 0.6 is 0 Å². The minimum atomic E-state index is -0.685. The van der Waals surface area contributed by atoms with Crippen LogP contribution in [0.25, 0.3) is 10.9 Å². The molecule has 1 atom stereocenters. The molecule has 33 heavy (non-hydrogen) atoms. The number of hydrogen-bond donors (Lipinski definition) is 2. The van der Waals surface area contributed by atoms with Crippen molar-refractivity contribution in [2.75, 3.05) is 44.4 Å². The maximum Gasteiger partial charge on any atom is 0.313 e. The Labute approximate surface area is 194 Å². The third-order valence-corrected chi connectivity index (χ3v) is 6.22. The fourth-order valence-corrected chi connectivity index (χ4v) is 4.47. The molecule has 1 aliphatic heterocycles. The Hall–Kier alpha value is -3.45. The van der Waals surface area contributed by atoms with Gasteiger partial charge >= 0.3 is 11.8 Å². The molecule has 0 spiro atoms. The third-order valence-electron chi connectivity index (χ3n) is 6.22. The number of carbonyl (C=O) groups is 2. The van der Waals surface area contributed by atoms with Crippen LogP contribution in [0.4, 0.5) is 11.4 Å². The first kappa shape index (κ1) is 22.7. The first-order valence-electron chi connectivity index (χ1n) is 11.3. The largest absolute Gasteiger partial charge is 0.374 e. The number of aromatic nitrogens is 1. The molecule has 4 rings (SSSR count). The van der Waals surface area contributed by atoms with Crippen LogP contribution < -0.4 is 15.5 Å². The number of amides is 2. The number of carbonyl (C=O) groups excluding carboxylic acids is 2. The number of rotatable bonds is 5. The van der Waals surface area contributed by atoms with Crippen molar-refractivity contribution < 1.29 is 9.59 Å². The molecule has 0 aliphatic carbocycles. The fourth-order valence-electron chi connectivity index (χ4n) is 4.47. The van der Waals surface area contributed by atoms with E-state index < -0.39 is 11.8 Å². The average Bonchev–Trinajstić information content (AvgIpc) is 2.78. The van der Waals surface area contributed by atoms with E-state index in [2.05, 4.69) is 50.7 Å². The SMILES string of the molecule is Cc1cc(NC(=O)C(=O)NCC(c2ccc3c(c2)CCCN3C)N(C)C)c2ccccc2n1. The average molecular weight is 446 g/mol. The quantitative estimate of drug-likeness (QED) is 0.590. The Balaban J connectivity index is 1.45. The highest BCUT2D eigenvalue weighted by atomic mass is 16.2. The molecule has 0 saturated carbocycles. The van der Waals surface area contributed by atoms with Crippen LogP contribution in [0, 0.1) is 6.92 Å². The van der Waals surface area contributed by atoms with E-state index in [1.165, 1.54) is 11.3 Å². The number of fused-ring (bicyclic) bond motifs is 2. The summed E-state index contributed by atoms with van der Waals surface area (Å²) in [4.78, 5) is 34.1. The maximum atomic E-state index is 12.7. The number of benzene rings is 2. The molecule has 2 heterocycles. The molecule has 3 aromatic rings. The summed E-state index contributed by atoms with van der Waals surface area (Å²) in [6.45, 7) is 3.27. The fraction of sp³-hybridized carbons (Fsp3) is 0.346. The molecule has 2 N–H and O–H groups in total. The molecular weight excluding hydrogens is 414 g/mol. The number of nitrogens with zero attached hydrogens (tertiary/aromatic N) is 3. The lowest BCUT2D eigenvalue weighted by molar-refractivity contribution is -0.136. The topological polar surface area (TPSA) is 77.6 Å². The Kier molecular flexibility index (Phi) is 6.60. The van der Waals surface area contributed by atoms with Crippen molar-refractivity contribution in [1.82, 2.24) is 15.2 Å². The van der Waals surface area contributed by atoms with Gasteiger partial charge in [-0.25, -0.2) is 0 Å². The molecule has 2 amide bonds. The van der Waals surface area contributed by atoms with Gasteiger partial charge in [0.05, 0.1) is 17.2 Å². The second kappa shape index (κ2) is 9.58. The lowest BCUT2D eigenvalue weighted by Gasteiger charge is -2.30. The van der Waals surface area contributed by atoms with Gasteiger partial charge in [-0.2, -0.15) is 0 Å². The molecule has 0 radical (unpaired) electrons. The molecule has 2 aromatic carbocycles. The van der Waals surface area contributed by atoms with Gasteiger partial charge in [0.25, 0.3) is 0 Å². The van der Waals surface area contributed by atoms with Crippen molar-refractivity contribution in [1.29, 1.82) is 0 Å². The van der Waals surface area contributed by atoms with E-state index >= 15 is 0 Å². The number of hydrogen-bond acceptors (Lipinski definition) is 5. The highest BCUT2D eigenvalue weighted by Crippen LogP contribution is 2.30. The zero-order valence-corrected chi connectivity index (χ0v) is 19.7. The Morgan fingerprint density at radius 3 is 2.70 bits per heavy atom. The van der Waals surface area contributed by atoms with Crippen molar-refractivity contribution in [2.24, 2.45) is 0 Å². The van der Waals surface area contributed by atoms with Gasteiger partial charge in [0, 0.05) is 36.9 Å². The molecule has 0 saturated heterocycles.